The highest BCUT2D eigenvalue weighted by Gasteiger charge is 2.32. The summed E-state index contributed by atoms with van der Waals surface area (Å²) in [6, 6.07) is 15.8. The molecule has 1 saturated heterocycles. The van der Waals surface area contributed by atoms with Gasteiger partial charge in [0.2, 0.25) is 11.8 Å². The van der Waals surface area contributed by atoms with E-state index < -0.39 is 5.25 Å². The zero-order chi connectivity index (χ0) is 20.2. The standard InChI is InChI=1S/C22H22N4O2S/c1-14-9-11-16(12-10-14)23-20(27)13-19-21(28)24-22(29-19)26-25-18-8-4-6-15-5-2-3-7-17(15)18/h2-3,5,7,9-12,19H,4,6,8,13H2,1H3,(H,23,27)(H,24,26,28)/b25-18+/t19-/m1/s1. The minimum absolute atomic E-state index is 0.0861. The number of carbonyl (C=O) groups is 2. The molecule has 7 heteroatoms. The lowest BCUT2D eigenvalue weighted by molar-refractivity contribution is -0.122. The quantitative estimate of drug-likeness (QED) is 0.761. The highest BCUT2D eigenvalue weighted by molar-refractivity contribution is 8.15. The predicted molar refractivity (Wildman–Crippen MR) is 117 cm³/mol. The van der Waals surface area contributed by atoms with Gasteiger partial charge in [0, 0.05) is 17.7 Å². The number of hydrogen-bond donors (Lipinski definition) is 2. The van der Waals surface area contributed by atoms with Crippen LogP contribution in [-0.2, 0) is 16.0 Å². The van der Waals surface area contributed by atoms with Crippen molar-refractivity contribution in [2.45, 2.75) is 37.9 Å². The Morgan fingerprint density at radius 1 is 1.14 bits per heavy atom. The number of fused-ring (bicyclic) bond motifs is 1. The van der Waals surface area contributed by atoms with Gasteiger partial charge in [-0.2, -0.15) is 5.10 Å². The van der Waals surface area contributed by atoms with Gasteiger partial charge in [-0.25, -0.2) is 0 Å². The number of nitrogens with one attached hydrogen (secondary N) is 2. The minimum Gasteiger partial charge on any atom is -0.326 e. The largest absolute Gasteiger partial charge is 0.326 e. The first-order valence-electron chi connectivity index (χ1n) is 9.65. The number of thioether (sulfide) groups is 1. The lowest BCUT2D eigenvalue weighted by atomic mass is 9.90. The predicted octanol–water partition coefficient (Wildman–Crippen LogP) is 3.65. The van der Waals surface area contributed by atoms with Crippen molar-refractivity contribution < 1.29 is 9.59 Å². The van der Waals surface area contributed by atoms with E-state index in [2.05, 4.69) is 33.0 Å². The molecule has 148 valence electrons. The van der Waals surface area contributed by atoms with E-state index in [9.17, 15) is 9.59 Å². The topological polar surface area (TPSA) is 82.9 Å². The Morgan fingerprint density at radius 3 is 2.76 bits per heavy atom. The van der Waals surface area contributed by atoms with Crippen molar-refractivity contribution in [3.63, 3.8) is 0 Å². The maximum absolute atomic E-state index is 12.3. The number of benzene rings is 2. The maximum Gasteiger partial charge on any atom is 0.240 e. The smallest absolute Gasteiger partial charge is 0.240 e. The first kappa shape index (κ1) is 19.4. The fourth-order valence-electron chi connectivity index (χ4n) is 3.41. The minimum atomic E-state index is -0.502. The monoisotopic (exact) mass is 406 g/mol. The molecule has 4 rings (SSSR count). The molecule has 2 aromatic rings. The third-order valence-electron chi connectivity index (χ3n) is 4.93. The summed E-state index contributed by atoms with van der Waals surface area (Å²) < 4.78 is 0. The number of amides is 2. The van der Waals surface area contributed by atoms with E-state index in [-0.39, 0.29) is 18.2 Å². The van der Waals surface area contributed by atoms with Crippen LogP contribution in [0, 0.1) is 6.92 Å². The molecule has 1 aliphatic carbocycles. The Labute approximate surface area is 173 Å². The third kappa shape index (κ3) is 4.74. The van der Waals surface area contributed by atoms with E-state index in [1.165, 1.54) is 17.3 Å². The summed E-state index contributed by atoms with van der Waals surface area (Å²) in [4.78, 5) is 24.5. The number of hydrogen-bond acceptors (Lipinski definition) is 5. The number of amidine groups is 1. The summed E-state index contributed by atoms with van der Waals surface area (Å²) in [5.74, 6) is -0.410. The Balaban J connectivity index is 1.39. The van der Waals surface area contributed by atoms with Crippen LogP contribution >= 0.6 is 11.8 Å². The Hall–Kier alpha value is -2.93. The Kier molecular flexibility index (Phi) is 5.76. The van der Waals surface area contributed by atoms with Crippen LogP contribution in [0.15, 0.2) is 58.7 Å². The van der Waals surface area contributed by atoms with Gasteiger partial charge in [-0.15, -0.1) is 5.10 Å². The molecule has 2 aliphatic rings. The van der Waals surface area contributed by atoms with E-state index in [4.69, 9.17) is 0 Å². The number of rotatable bonds is 4. The number of aryl methyl sites for hydroxylation is 2. The van der Waals surface area contributed by atoms with Gasteiger partial charge in [0.1, 0.15) is 5.25 Å². The van der Waals surface area contributed by atoms with Crippen molar-refractivity contribution in [1.29, 1.82) is 0 Å². The zero-order valence-corrected chi connectivity index (χ0v) is 17.0. The van der Waals surface area contributed by atoms with Crippen molar-refractivity contribution >= 4 is 40.1 Å². The van der Waals surface area contributed by atoms with E-state index in [1.54, 1.807) is 0 Å². The van der Waals surface area contributed by atoms with Crippen molar-refractivity contribution in [2.75, 3.05) is 5.32 Å². The summed E-state index contributed by atoms with van der Waals surface area (Å²) in [6.07, 6.45) is 3.05. The summed E-state index contributed by atoms with van der Waals surface area (Å²) in [5.41, 5.74) is 5.20. The van der Waals surface area contributed by atoms with Gasteiger partial charge in [0.25, 0.3) is 0 Å². The van der Waals surface area contributed by atoms with Crippen molar-refractivity contribution in [3.8, 4) is 0 Å². The molecule has 1 fully saturated rings. The molecular formula is C22H22N4O2S. The molecule has 1 aliphatic heterocycles. The Morgan fingerprint density at radius 2 is 1.93 bits per heavy atom. The second kappa shape index (κ2) is 8.61. The lowest BCUT2D eigenvalue weighted by Crippen LogP contribution is -2.28. The van der Waals surface area contributed by atoms with Crippen molar-refractivity contribution in [2.24, 2.45) is 10.2 Å². The summed E-state index contributed by atoms with van der Waals surface area (Å²) >= 11 is 1.25. The molecule has 0 radical (unpaired) electrons. The average Bonchev–Trinajstić information content (AvgIpc) is 3.07. The summed E-state index contributed by atoms with van der Waals surface area (Å²) in [5, 5.41) is 14.1. The molecule has 0 unspecified atom stereocenters. The highest BCUT2D eigenvalue weighted by atomic mass is 32.2. The first-order valence-corrected chi connectivity index (χ1v) is 10.5. The van der Waals surface area contributed by atoms with Crippen molar-refractivity contribution in [3.05, 3.63) is 65.2 Å². The van der Waals surface area contributed by atoms with Crippen LogP contribution in [0.5, 0.6) is 0 Å². The van der Waals surface area contributed by atoms with Gasteiger partial charge in [-0.1, -0.05) is 53.7 Å². The van der Waals surface area contributed by atoms with Gasteiger partial charge in [-0.3, -0.25) is 9.59 Å². The first-order chi connectivity index (χ1) is 14.1. The van der Waals surface area contributed by atoms with E-state index in [0.717, 1.165) is 41.8 Å². The second-order valence-electron chi connectivity index (χ2n) is 7.18. The van der Waals surface area contributed by atoms with Crippen LogP contribution in [0.4, 0.5) is 5.69 Å². The molecule has 2 aromatic carbocycles. The molecular weight excluding hydrogens is 384 g/mol. The lowest BCUT2D eigenvalue weighted by Gasteiger charge is -2.16. The van der Waals surface area contributed by atoms with Crippen LogP contribution < -0.4 is 10.6 Å². The molecule has 1 atom stereocenters. The molecule has 2 N–H and O–H groups in total. The molecule has 2 amide bonds. The average molecular weight is 407 g/mol. The molecule has 6 nitrogen and oxygen atoms in total. The van der Waals surface area contributed by atoms with Crippen LogP contribution in [0.25, 0.3) is 0 Å². The maximum atomic E-state index is 12.3. The van der Waals surface area contributed by atoms with Gasteiger partial charge >= 0.3 is 0 Å². The number of carbonyl (C=O) groups excluding carboxylic acids is 2. The summed E-state index contributed by atoms with van der Waals surface area (Å²) in [6.45, 7) is 1.99. The summed E-state index contributed by atoms with van der Waals surface area (Å²) in [7, 11) is 0. The molecule has 0 bridgehead atoms. The fraction of sp³-hybridized carbons (Fsp3) is 0.273. The molecule has 1 heterocycles. The molecule has 0 aromatic heterocycles. The normalized spacial score (nSPS) is 21.1. The number of nitrogens with zero attached hydrogens (tertiary/aromatic N) is 2. The zero-order valence-electron chi connectivity index (χ0n) is 16.1. The van der Waals surface area contributed by atoms with Crippen LogP contribution in [0.1, 0.15) is 36.0 Å². The van der Waals surface area contributed by atoms with Gasteiger partial charge in [0.15, 0.2) is 5.17 Å². The van der Waals surface area contributed by atoms with Crippen molar-refractivity contribution in [1.82, 2.24) is 5.32 Å². The second-order valence-corrected chi connectivity index (χ2v) is 8.37. The van der Waals surface area contributed by atoms with E-state index in [1.807, 2.05) is 43.3 Å². The van der Waals surface area contributed by atoms with Crippen LogP contribution in [0.2, 0.25) is 0 Å². The van der Waals surface area contributed by atoms with Gasteiger partial charge in [-0.05, 0) is 43.9 Å². The fourth-order valence-corrected chi connectivity index (χ4v) is 4.33. The SMILES string of the molecule is Cc1ccc(NC(=O)C[C@H]2S/C(=N\N=C3/CCCc4ccccc43)NC2=O)cc1. The highest BCUT2D eigenvalue weighted by Crippen LogP contribution is 2.25. The third-order valence-corrected chi connectivity index (χ3v) is 6.00. The number of anilines is 1. The van der Waals surface area contributed by atoms with Gasteiger partial charge in [0.05, 0.1) is 5.71 Å². The van der Waals surface area contributed by atoms with Crippen LogP contribution in [0.3, 0.4) is 0 Å². The van der Waals surface area contributed by atoms with E-state index >= 15 is 0 Å². The molecule has 0 saturated carbocycles. The van der Waals surface area contributed by atoms with E-state index in [0.29, 0.717) is 5.17 Å². The molecule has 29 heavy (non-hydrogen) atoms. The van der Waals surface area contributed by atoms with Crippen LogP contribution in [-0.4, -0.2) is 27.9 Å². The van der Waals surface area contributed by atoms with Gasteiger partial charge < -0.3 is 10.6 Å². The Bertz CT molecular complexity index is 998. The molecule has 0 spiro atoms.